The number of hydrogen-bond donors (Lipinski definition) is 0. The van der Waals surface area contributed by atoms with Gasteiger partial charge in [-0.2, -0.15) is 8.42 Å². The average molecular weight is 583 g/mol. The number of aromatic nitrogens is 1. The molecule has 1 heterocycles. The smallest absolute Gasteiger partial charge is 0.339 e. The summed E-state index contributed by atoms with van der Waals surface area (Å²) in [5.74, 6) is 0.173. The maximum Gasteiger partial charge on any atom is 0.339 e. The summed E-state index contributed by atoms with van der Waals surface area (Å²) in [6, 6.07) is 10.4. The van der Waals surface area contributed by atoms with Crippen LogP contribution in [0.15, 0.2) is 56.4 Å². The Kier molecular flexibility index (Phi) is 5.19. The van der Waals surface area contributed by atoms with Crippen molar-refractivity contribution in [2.45, 2.75) is 11.8 Å². The summed E-state index contributed by atoms with van der Waals surface area (Å²) in [4.78, 5) is 4.41. The molecule has 0 unspecified atom stereocenters. The molecule has 0 spiro atoms. The first-order valence-electron chi connectivity index (χ1n) is 6.73. The number of benzene rings is 2. The molecule has 0 bridgehead atoms. The second kappa shape index (κ2) is 6.89. The van der Waals surface area contributed by atoms with Gasteiger partial charge in [0.1, 0.15) is 10.4 Å². The first-order valence-corrected chi connectivity index (χ1v) is 10.8. The molecule has 124 valence electrons. The third kappa shape index (κ3) is 3.47. The fraction of sp³-hybridized carbons (Fsp3) is 0.0625. The third-order valence-electron chi connectivity index (χ3n) is 3.35. The highest BCUT2D eigenvalue weighted by atomic mass is 127. The van der Waals surface area contributed by atoms with Crippen LogP contribution in [0.3, 0.4) is 0 Å². The Hall–Kier alpha value is -0.710. The van der Waals surface area contributed by atoms with Gasteiger partial charge in [0.2, 0.25) is 0 Å². The summed E-state index contributed by atoms with van der Waals surface area (Å²) >= 11 is 8.95. The Morgan fingerprint density at radius 1 is 1.12 bits per heavy atom. The van der Waals surface area contributed by atoms with Crippen molar-refractivity contribution in [3.63, 3.8) is 0 Å². The summed E-state index contributed by atoms with van der Waals surface area (Å²) < 4.78 is 33.2. The van der Waals surface area contributed by atoms with Crippen molar-refractivity contribution >= 4 is 75.5 Å². The van der Waals surface area contributed by atoms with Gasteiger partial charge >= 0.3 is 10.1 Å². The summed E-state index contributed by atoms with van der Waals surface area (Å²) in [5, 5.41) is 0.769. The molecule has 0 saturated heterocycles. The van der Waals surface area contributed by atoms with E-state index in [4.69, 9.17) is 4.18 Å². The predicted molar refractivity (Wildman–Crippen MR) is 109 cm³/mol. The Bertz CT molecular complexity index is 1050. The van der Waals surface area contributed by atoms with Gasteiger partial charge < -0.3 is 4.18 Å². The van der Waals surface area contributed by atoms with Gasteiger partial charge in [-0.1, -0.05) is 22.0 Å². The fourth-order valence-electron chi connectivity index (χ4n) is 2.27. The van der Waals surface area contributed by atoms with Crippen LogP contribution in [0.25, 0.3) is 10.9 Å². The second-order valence-corrected chi connectivity index (χ2v) is 9.49. The van der Waals surface area contributed by atoms with E-state index in [0.717, 1.165) is 13.4 Å². The van der Waals surface area contributed by atoms with Crippen LogP contribution < -0.4 is 4.18 Å². The standard InChI is InChI=1S/C16H10Br2INO3S/c1-9-7-10(19)4-5-14(9)24(21,22)23-16-13(18)8-12(17)11-3-2-6-20-15(11)16/h2-8H,1H3. The molecule has 0 atom stereocenters. The van der Waals surface area contributed by atoms with Crippen molar-refractivity contribution in [3.8, 4) is 5.75 Å². The van der Waals surface area contributed by atoms with Crippen LogP contribution in [0.2, 0.25) is 0 Å². The molecule has 8 heteroatoms. The van der Waals surface area contributed by atoms with Crippen molar-refractivity contribution in [2.24, 2.45) is 0 Å². The molecular weight excluding hydrogens is 573 g/mol. The highest BCUT2D eigenvalue weighted by molar-refractivity contribution is 14.1. The molecule has 24 heavy (non-hydrogen) atoms. The van der Waals surface area contributed by atoms with Crippen molar-refractivity contribution in [3.05, 3.63) is 60.7 Å². The molecule has 0 fully saturated rings. The number of hydrogen-bond acceptors (Lipinski definition) is 4. The van der Waals surface area contributed by atoms with E-state index < -0.39 is 10.1 Å². The average Bonchev–Trinajstić information content (AvgIpc) is 2.51. The van der Waals surface area contributed by atoms with E-state index in [1.54, 1.807) is 43.5 Å². The van der Waals surface area contributed by atoms with E-state index in [1.165, 1.54) is 0 Å². The molecule has 0 N–H and O–H groups in total. The molecule has 1 aromatic heterocycles. The molecule has 2 aromatic carbocycles. The lowest BCUT2D eigenvalue weighted by atomic mass is 10.2. The molecule has 4 nitrogen and oxygen atoms in total. The fourth-order valence-corrected chi connectivity index (χ4v) is 5.55. The molecule has 0 aliphatic heterocycles. The normalized spacial score (nSPS) is 11.7. The number of halogens is 3. The van der Waals surface area contributed by atoms with Crippen LogP contribution in [0.4, 0.5) is 0 Å². The Morgan fingerprint density at radius 3 is 2.58 bits per heavy atom. The summed E-state index contributed by atoms with van der Waals surface area (Å²) in [6.07, 6.45) is 1.59. The molecule has 3 aromatic rings. The third-order valence-corrected chi connectivity index (χ3v) is 6.65. The van der Waals surface area contributed by atoms with Crippen molar-refractivity contribution in [2.75, 3.05) is 0 Å². The zero-order chi connectivity index (χ0) is 17.5. The van der Waals surface area contributed by atoms with Crippen LogP contribution in [0.1, 0.15) is 5.56 Å². The van der Waals surface area contributed by atoms with Gasteiger partial charge in [-0.05, 0) is 81.3 Å². The first kappa shape index (κ1) is 18.1. The van der Waals surface area contributed by atoms with Gasteiger partial charge in [0, 0.05) is 19.6 Å². The van der Waals surface area contributed by atoms with Crippen LogP contribution in [-0.4, -0.2) is 13.4 Å². The monoisotopic (exact) mass is 581 g/mol. The molecule has 0 aliphatic rings. The lowest BCUT2D eigenvalue weighted by Crippen LogP contribution is -2.12. The minimum atomic E-state index is -3.98. The number of pyridine rings is 1. The summed E-state index contributed by atoms with van der Waals surface area (Å²) in [7, 11) is -3.98. The quantitative estimate of drug-likeness (QED) is 0.305. The zero-order valence-corrected chi connectivity index (χ0v) is 18.4. The molecular formula is C16H10Br2INO3S. The maximum absolute atomic E-state index is 12.7. The van der Waals surface area contributed by atoms with E-state index in [0.29, 0.717) is 15.6 Å². The second-order valence-electron chi connectivity index (χ2n) is 5.02. The molecule has 0 radical (unpaired) electrons. The van der Waals surface area contributed by atoms with Crippen molar-refractivity contribution < 1.29 is 12.6 Å². The lowest BCUT2D eigenvalue weighted by Gasteiger charge is -2.13. The van der Waals surface area contributed by atoms with Gasteiger partial charge in [0.15, 0.2) is 5.75 Å². The Labute approximate surface area is 170 Å². The van der Waals surface area contributed by atoms with Gasteiger partial charge in [-0.3, -0.25) is 4.98 Å². The predicted octanol–water partition coefficient (Wildman–Crippen LogP) is 5.44. The highest BCUT2D eigenvalue weighted by Gasteiger charge is 2.23. The minimum Gasteiger partial charge on any atom is -0.375 e. The minimum absolute atomic E-state index is 0.141. The summed E-state index contributed by atoms with van der Waals surface area (Å²) in [6.45, 7) is 1.74. The largest absolute Gasteiger partial charge is 0.375 e. The molecule has 0 saturated carbocycles. The summed E-state index contributed by atoms with van der Waals surface area (Å²) in [5.41, 5.74) is 1.10. The van der Waals surface area contributed by atoms with Crippen LogP contribution in [0, 0.1) is 10.5 Å². The number of aryl methyl sites for hydroxylation is 1. The van der Waals surface area contributed by atoms with E-state index in [-0.39, 0.29) is 10.6 Å². The Balaban J connectivity index is 2.16. The van der Waals surface area contributed by atoms with Crippen molar-refractivity contribution in [1.29, 1.82) is 0 Å². The number of nitrogens with zero attached hydrogens (tertiary/aromatic N) is 1. The van der Waals surface area contributed by atoms with Gasteiger partial charge in [-0.15, -0.1) is 0 Å². The molecule has 3 rings (SSSR count). The molecule has 0 amide bonds. The SMILES string of the molecule is Cc1cc(I)ccc1S(=O)(=O)Oc1c(Br)cc(Br)c2cccnc12. The maximum atomic E-state index is 12.7. The first-order chi connectivity index (χ1) is 11.3. The van der Waals surface area contributed by atoms with Gasteiger partial charge in [0.25, 0.3) is 0 Å². The number of rotatable bonds is 3. The van der Waals surface area contributed by atoms with Crippen LogP contribution in [-0.2, 0) is 10.1 Å². The van der Waals surface area contributed by atoms with E-state index in [9.17, 15) is 8.42 Å². The highest BCUT2D eigenvalue weighted by Crippen LogP contribution is 2.38. The van der Waals surface area contributed by atoms with Crippen LogP contribution >= 0.6 is 54.5 Å². The van der Waals surface area contributed by atoms with E-state index in [1.807, 2.05) is 6.07 Å². The van der Waals surface area contributed by atoms with Gasteiger partial charge in [0.05, 0.1) is 4.47 Å². The topological polar surface area (TPSA) is 56.3 Å². The lowest BCUT2D eigenvalue weighted by molar-refractivity contribution is 0.486. The Morgan fingerprint density at radius 2 is 1.88 bits per heavy atom. The van der Waals surface area contributed by atoms with E-state index in [2.05, 4.69) is 59.4 Å². The molecule has 0 aliphatic carbocycles. The zero-order valence-electron chi connectivity index (χ0n) is 12.3. The van der Waals surface area contributed by atoms with Gasteiger partial charge in [-0.25, -0.2) is 0 Å². The number of fused-ring (bicyclic) bond motifs is 1. The van der Waals surface area contributed by atoms with Crippen molar-refractivity contribution in [1.82, 2.24) is 4.98 Å². The van der Waals surface area contributed by atoms with Crippen LogP contribution in [0.5, 0.6) is 5.75 Å². The van der Waals surface area contributed by atoms with E-state index >= 15 is 0 Å².